The molecule has 0 radical (unpaired) electrons. The number of ether oxygens (including phenoxy) is 1. The van der Waals surface area contributed by atoms with E-state index >= 15 is 0 Å². The van der Waals surface area contributed by atoms with E-state index in [0.29, 0.717) is 29.6 Å². The van der Waals surface area contributed by atoms with E-state index in [9.17, 15) is 4.79 Å². The molecule has 17 heavy (non-hydrogen) atoms. The van der Waals surface area contributed by atoms with Crippen molar-refractivity contribution in [2.45, 2.75) is 33.6 Å². The molecule has 5 nitrogen and oxygen atoms in total. The predicted molar refractivity (Wildman–Crippen MR) is 66.7 cm³/mol. The number of carbonyl (C=O) groups excluding carboxylic acids is 1. The van der Waals surface area contributed by atoms with Crippen molar-refractivity contribution in [2.75, 3.05) is 12.3 Å². The number of hydrogen-bond donors (Lipinski definition) is 1. The SMILES string of the molecule is CCCC(C)COC(=O)c1c(N)c(C)nn1C. The van der Waals surface area contributed by atoms with Gasteiger partial charge < -0.3 is 10.5 Å². The predicted octanol–water partition coefficient (Wildman–Crippen LogP) is 1.90. The minimum Gasteiger partial charge on any atom is -0.461 e. The molecule has 1 aromatic rings. The Morgan fingerprint density at radius 2 is 2.24 bits per heavy atom. The maximum absolute atomic E-state index is 11.8. The molecule has 0 spiro atoms. The van der Waals surface area contributed by atoms with Crippen molar-refractivity contribution in [1.82, 2.24) is 9.78 Å². The lowest BCUT2D eigenvalue weighted by Crippen LogP contribution is -2.16. The van der Waals surface area contributed by atoms with Gasteiger partial charge in [-0.15, -0.1) is 0 Å². The Morgan fingerprint density at radius 1 is 1.59 bits per heavy atom. The Kier molecular flexibility index (Phi) is 4.54. The van der Waals surface area contributed by atoms with Gasteiger partial charge in [0.15, 0.2) is 5.69 Å². The summed E-state index contributed by atoms with van der Waals surface area (Å²) in [7, 11) is 1.69. The zero-order valence-electron chi connectivity index (χ0n) is 11.0. The lowest BCUT2D eigenvalue weighted by molar-refractivity contribution is 0.0432. The van der Waals surface area contributed by atoms with Crippen LogP contribution in [0, 0.1) is 12.8 Å². The molecular formula is C12H21N3O2. The highest BCUT2D eigenvalue weighted by atomic mass is 16.5. The first-order valence-corrected chi connectivity index (χ1v) is 5.93. The van der Waals surface area contributed by atoms with Gasteiger partial charge in [-0.25, -0.2) is 4.79 Å². The first-order valence-electron chi connectivity index (χ1n) is 5.93. The van der Waals surface area contributed by atoms with Crippen LogP contribution >= 0.6 is 0 Å². The molecular weight excluding hydrogens is 218 g/mol. The number of aromatic nitrogens is 2. The molecule has 96 valence electrons. The van der Waals surface area contributed by atoms with Crippen molar-refractivity contribution in [1.29, 1.82) is 0 Å². The van der Waals surface area contributed by atoms with E-state index in [2.05, 4.69) is 18.9 Å². The molecule has 0 fully saturated rings. The third-order valence-electron chi connectivity index (χ3n) is 2.74. The maximum atomic E-state index is 11.8. The summed E-state index contributed by atoms with van der Waals surface area (Å²) in [5, 5.41) is 4.09. The normalized spacial score (nSPS) is 12.5. The Bertz CT molecular complexity index is 399. The van der Waals surface area contributed by atoms with Gasteiger partial charge in [0.2, 0.25) is 0 Å². The van der Waals surface area contributed by atoms with Gasteiger partial charge in [0.05, 0.1) is 18.0 Å². The lowest BCUT2D eigenvalue weighted by Gasteiger charge is -2.11. The molecule has 0 aliphatic carbocycles. The number of nitrogens with two attached hydrogens (primary N) is 1. The van der Waals surface area contributed by atoms with Crippen LogP contribution < -0.4 is 5.73 Å². The molecule has 0 bridgehead atoms. The molecule has 0 aliphatic heterocycles. The van der Waals surface area contributed by atoms with Crippen molar-refractivity contribution in [2.24, 2.45) is 13.0 Å². The largest absolute Gasteiger partial charge is 0.461 e. The molecule has 0 amide bonds. The fraction of sp³-hybridized carbons (Fsp3) is 0.667. The van der Waals surface area contributed by atoms with Crippen LogP contribution in [0.1, 0.15) is 42.9 Å². The highest BCUT2D eigenvalue weighted by molar-refractivity contribution is 5.93. The molecule has 0 saturated carbocycles. The number of aryl methyl sites for hydroxylation is 2. The van der Waals surface area contributed by atoms with E-state index in [1.807, 2.05) is 0 Å². The van der Waals surface area contributed by atoms with Crippen molar-refractivity contribution in [3.8, 4) is 0 Å². The van der Waals surface area contributed by atoms with Crippen LogP contribution in [0.3, 0.4) is 0 Å². The first-order chi connectivity index (χ1) is 7.97. The molecule has 1 aromatic heterocycles. The second kappa shape index (κ2) is 5.70. The van der Waals surface area contributed by atoms with Gasteiger partial charge in [0, 0.05) is 7.05 Å². The summed E-state index contributed by atoms with van der Waals surface area (Å²) in [5.74, 6) is -0.0203. The van der Waals surface area contributed by atoms with Gasteiger partial charge in [-0.1, -0.05) is 20.3 Å². The van der Waals surface area contributed by atoms with Crippen LogP contribution in [-0.4, -0.2) is 22.4 Å². The number of nitrogens with zero attached hydrogens (tertiary/aromatic N) is 2. The summed E-state index contributed by atoms with van der Waals surface area (Å²) in [6, 6.07) is 0. The van der Waals surface area contributed by atoms with E-state index in [0.717, 1.165) is 12.8 Å². The third-order valence-corrected chi connectivity index (χ3v) is 2.74. The highest BCUT2D eigenvalue weighted by Gasteiger charge is 2.19. The fourth-order valence-corrected chi connectivity index (χ4v) is 1.78. The van der Waals surface area contributed by atoms with E-state index in [4.69, 9.17) is 10.5 Å². The van der Waals surface area contributed by atoms with Gasteiger partial charge in [-0.05, 0) is 19.3 Å². The Morgan fingerprint density at radius 3 is 2.71 bits per heavy atom. The van der Waals surface area contributed by atoms with Gasteiger partial charge in [-0.3, -0.25) is 4.68 Å². The van der Waals surface area contributed by atoms with Crippen LogP contribution in [0.2, 0.25) is 0 Å². The molecule has 1 unspecified atom stereocenters. The molecule has 1 rings (SSSR count). The number of carbonyl (C=O) groups is 1. The van der Waals surface area contributed by atoms with Crippen molar-refractivity contribution >= 4 is 11.7 Å². The van der Waals surface area contributed by atoms with Crippen molar-refractivity contribution in [3.63, 3.8) is 0 Å². The molecule has 0 aliphatic rings. The third kappa shape index (κ3) is 3.22. The number of anilines is 1. The summed E-state index contributed by atoms with van der Waals surface area (Å²) in [6.07, 6.45) is 2.14. The molecule has 5 heteroatoms. The molecule has 1 atom stereocenters. The van der Waals surface area contributed by atoms with Crippen LogP contribution in [0.25, 0.3) is 0 Å². The first kappa shape index (κ1) is 13.5. The summed E-state index contributed by atoms with van der Waals surface area (Å²) in [6.45, 7) is 6.37. The average molecular weight is 239 g/mol. The lowest BCUT2D eigenvalue weighted by atomic mass is 10.1. The molecule has 0 saturated heterocycles. The summed E-state index contributed by atoms with van der Waals surface area (Å²) in [5.41, 5.74) is 7.18. The van der Waals surface area contributed by atoms with E-state index in [-0.39, 0.29) is 0 Å². The standard InChI is InChI=1S/C12H21N3O2/c1-5-6-8(2)7-17-12(16)11-10(13)9(3)14-15(11)4/h8H,5-7,13H2,1-4H3. The molecule has 1 heterocycles. The molecule has 2 N–H and O–H groups in total. The molecule has 0 aromatic carbocycles. The topological polar surface area (TPSA) is 70.1 Å². The second-order valence-electron chi connectivity index (χ2n) is 4.46. The van der Waals surface area contributed by atoms with Gasteiger partial charge in [0.1, 0.15) is 0 Å². The average Bonchev–Trinajstić information content (AvgIpc) is 2.50. The van der Waals surface area contributed by atoms with Gasteiger partial charge in [0.25, 0.3) is 0 Å². The summed E-state index contributed by atoms with van der Waals surface area (Å²) >= 11 is 0. The Labute approximate surface area is 102 Å². The second-order valence-corrected chi connectivity index (χ2v) is 4.46. The smallest absolute Gasteiger partial charge is 0.358 e. The van der Waals surface area contributed by atoms with E-state index < -0.39 is 5.97 Å². The van der Waals surface area contributed by atoms with Gasteiger partial charge in [-0.2, -0.15) is 5.10 Å². The quantitative estimate of drug-likeness (QED) is 0.797. The van der Waals surface area contributed by atoms with Crippen LogP contribution in [0.4, 0.5) is 5.69 Å². The van der Waals surface area contributed by atoms with Crippen LogP contribution in [0.15, 0.2) is 0 Å². The summed E-state index contributed by atoms with van der Waals surface area (Å²) in [4.78, 5) is 11.8. The summed E-state index contributed by atoms with van der Waals surface area (Å²) < 4.78 is 6.71. The van der Waals surface area contributed by atoms with E-state index in [1.54, 1.807) is 14.0 Å². The Hall–Kier alpha value is -1.52. The van der Waals surface area contributed by atoms with Crippen LogP contribution in [0.5, 0.6) is 0 Å². The van der Waals surface area contributed by atoms with Crippen LogP contribution in [-0.2, 0) is 11.8 Å². The zero-order valence-corrected chi connectivity index (χ0v) is 11.0. The Balaban J connectivity index is 2.64. The minimum absolute atomic E-state index is 0.339. The maximum Gasteiger partial charge on any atom is 0.358 e. The monoisotopic (exact) mass is 239 g/mol. The van der Waals surface area contributed by atoms with Crippen molar-refractivity contribution < 1.29 is 9.53 Å². The zero-order chi connectivity index (χ0) is 13.0. The van der Waals surface area contributed by atoms with E-state index in [1.165, 1.54) is 4.68 Å². The number of esters is 1. The fourth-order valence-electron chi connectivity index (χ4n) is 1.78. The van der Waals surface area contributed by atoms with Crippen molar-refractivity contribution in [3.05, 3.63) is 11.4 Å². The highest BCUT2D eigenvalue weighted by Crippen LogP contribution is 2.17. The number of hydrogen-bond acceptors (Lipinski definition) is 4. The number of nitrogen functional groups attached to an aromatic ring is 1. The minimum atomic E-state index is -0.395. The van der Waals surface area contributed by atoms with Gasteiger partial charge >= 0.3 is 5.97 Å². The number of rotatable bonds is 5.